The van der Waals surface area contributed by atoms with Crippen LogP contribution in [0.5, 0.6) is 0 Å². The Morgan fingerprint density at radius 2 is 1.87 bits per heavy atom. The molecule has 2 aromatic carbocycles. The second-order valence-electron chi connectivity index (χ2n) is 7.23. The fourth-order valence-electron chi connectivity index (χ4n) is 3.79. The van der Waals surface area contributed by atoms with Gasteiger partial charge in [-0.3, -0.25) is 14.9 Å². The molecule has 4 rings (SSSR count). The van der Waals surface area contributed by atoms with Crippen molar-refractivity contribution in [1.29, 1.82) is 5.26 Å². The number of nitrogens with zero attached hydrogens (tertiary/aromatic N) is 4. The van der Waals surface area contributed by atoms with Crippen LogP contribution in [0.1, 0.15) is 28.8 Å². The predicted octanol–water partition coefficient (Wildman–Crippen LogP) is 4.25. The van der Waals surface area contributed by atoms with E-state index >= 15 is 0 Å². The summed E-state index contributed by atoms with van der Waals surface area (Å²) < 4.78 is 13.1. The molecule has 0 aliphatic carbocycles. The number of anilines is 1. The van der Waals surface area contributed by atoms with Gasteiger partial charge in [0.2, 0.25) is 0 Å². The highest BCUT2D eigenvalue weighted by Crippen LogP contribution is 2.29. The number of ketones is 1. The Hall–Kier alpha value is -3.86. The van der Waals surface area contributed by atoms with E-state index in [0.717, 1.165) is 0 Å². The quantitative estimate of drug-likeness (QED) is 0.366. The van der Waals surface area contributed by atoms with Crippen LogP contribution < -0.4 is 4.90 Å². The van der Waals surface area contributed by atoms with Gasteiger partial charge >= 0.3 is 0 Å². The fourth-order valence-corrected chi connectivity index (χ4v) is 3.79. The lowest BCUT2D eigenvalue weighted by Gasteiger charge is -2.32. The molecule has 1 saturated heterocycles. The van der Waals surface area contributed by atoms with Crippen molar-refractivity contribution >= 4 is 28.2 Å². The van der Waals surface area contributed by atoms with Gasteiger partial charge in [-0.1, -0.05) is 0 Å². The SMILES string of the molecule is N#Cc1cc(N2CCC(C(=O)c3ccc(F)cc3)CC2)nc2ccc([N+](=O)[O-])cc12. The standard InChI is InChI=1S/C22H17FN4O3/c23-17-3-1-14(2-4-17)22(28)15-7-9-26(10-8-15)21-11-16(13-24)19-12-18(27(29)30)5-6-20(19)25-21/h1-6,11-12,15H,7-10H2. The number of carbonyl (C=O) groups is 1. The number of rotatable bonds is 4. The van der Waals surface area contributed by atoms with Gasteiger partial charge in [0.05, 0.1) is 22.1 Å². The minimum atomic E-state index is -0.503. The zero-order valence-electron chi connectivity index (χ0n) is 15.9. The van der Waals surface area contributed by atoms with Gasteiger partial charge in [0.25, 0.3) is 5.69 Å². The van der Waals surface area contributed by atoms with E-state index in [-0.39, 0.29) is 23.2 Å². The van der Waals surface area contributed by atoms with E-state index in [2.05, 4.69) is 11.1 Å². The molecular formula is C22H17FN4O3. The highest BCUT2D eigenvalue weighted by molar-refractivity contribution is 5.98. The summed E-state index contributed by atoms with van der Waals surface area (Å²) in [6.07, 6.45) is 1.25. The Bertz CT molecular complexity index is 1180. The summed E-state index contributed by atoms with van der Waals surface area (Å²) in [5.41, 5.74) is 1.25. The minimum Gasteiger partial charge on any atom is -0.357 e. The first-order chi connectivity index (χ1) is 14.5. The molecule has 0 radical (unpaired) electrons. The summed E-state index contributed by atoms with van der Waals surface area (Å²) in [6, 6.07) is 13.6. The number of halogens is 1. The maximum Gasteiger partial charge on any atom is 0.270 e. The van der Waals surface area contributed by atoms with E-state index < -0.39 is 4.92 Å². The van der Waals surface area contributed by atoms with Crippen LogP contribution >= 0.6 is 0 Å². The third-order valence-electron chi connectivity index (χ3n) is 5.43. The number of nitriles is 1. The summed E-state index contributed by atoms with van der Waals surface area (Å²) in [4.78, 5) is 29.8. The number of nitro groups is 1. The van der Waals surface area contributed by atoms with E-state index in [0.29, 0.717) is 53.8 Å². The minimum absolute atomic E-state index is 0.00569. The molecule has 1 aliphatic heterocycles. The summed E-state index contributed by atoms with van der Waals surface area (Å²) in [7, 11) is 0. The molecule has 1 aliphatic rings. The van der Waals surface area contributed by atoms with E-state index in [1.807, 2.05) is 4.90 Å². The Morgan fingerprint density at radius 1 is 1.17 bits per heavy atom. The van der Waals surface area contributed by atoms with Gasteiger partial charge in [0.1, 0.15) is 11.6 Å². The Labute approximate surface area is 171 Å². The van der Waals surface area contributed by atoms with Crippen molar-refractivity contribution in [3.05, 3.63) is 75.6 Å². The number of piperidine rings is 1. The van der Waals surface area contributed by atoms with Gasteiger partial charge in [0.15, 0.2) is 5.78 Å². The highest BCUT2D eigenvalue weighted by Gasteiger charge is 2.27. The lowest BCUT2D eigenvalue weighted by Crippen LogP contribution is -2.37. The molecule has 0 bridgehead atoms. The molecule has 0 spiro atoms. The number of non-ortho nitro benzene ring substituents is 1. The first kappa shape index (κ1) is 19.5. The normalized spacial score (nSPS) is 14.5. The number of Topliss-reactive ketones (excluding diaryl/α,β-unsaturated/α-hetero) is 1. The molecule has 0 amide bonds. The summed E-state index contributed by atoms with van der Waals surface area (Å²) in [5, 5.41) is 21.0. The van der Waals surface area contributed by atoms with Crippen LogP contribution in [0.4, 0.5) is 15.9 Å². The maximum atomic E-state index is 13.1. The van der Waals surface area contributed by atoms with Crippen molar-refractivity contribution in [2.45, 2.75) is 12.8 Å². The molecule has 0 atom stereocenters. The van der Waals surface area contributed by atoms with Gasteiger partial charge in [-0.05, 0) is 49.2 Å². The third-order valence-corrected chi connectivity index (χ3v) is 5.43. The van der Waals surface area contributed by atoms with Gasteiger partial charge < -0.3 is 4.90 Å². The van der Waals surface area contributed by atoms with Crippen molar-refractivity contribution in [3.8, 4) is 6.07 Å². The second kappa shape index (κ2) is 7.87. The average Bonchev–Trinajstić information content (AvgIpc) is 2.78. The molecule has 0 saturated carbocycles. The zero-order valence-corrected chi connectivity index (χ0v) is 15.9. The van der Waals surface area contributed by atoms with Crippen LogP contribution in [0, 0.1) is 33.2 Å². The second-order valence-corrected chi connectivity index (χ2v) is 7.23. The predicted molar refractivity (Wildman–Crippen MR) is 109 cm³/mol. The van der Waals surface area contributed by atoms with Gasteiger partial charge in [-0.15, -0.1) is 0 Å². The van der Waals surface area contributed by atoms with Crippen molar-refractivity contribution < 1.29 is 14.1 Å². The van der Waals surface area contributed by atoms with Crippen LogP contribution in [0.3, 0.4) is 0 Å². The van der Waals surface area contributed by atoms with Crippen LogP contribution in [-0.4, -0.2) is 28.8 Å². The topological polar surface area (TPSA) is 100 Å². The van der Waals surface area contributed by atoms with Gasteiger partial charge in [-0.2, -0.15) is 5.26 Å². The first-order valence-corrected chi connectivity index (χ1v) is 9.50. The fraction of sp³-hybridized carbons (Fsp3) is 0.227. The number of hydrogen-bond acceptors (Lipinski definition) is 6. The Balaban J connectivity index is 1.54. The number of nitro benzene ring substituents is 1. The Kier molecular flexibility index (Phi) is 5.11. The molecular weight excluding hydrogens is 387 g/mol. The van der Waals surface area contributed by atoms with Crippen molar-refractivity contribution in [1.82, 2.24) is 4.98 Å². The molecule has 7 nitrogen and oxygen atoms in total. The smallest absolute Gasteiger partial charge is 0.270 e. The van der Waals surface area contributed by atoms with Gasteiger partial charge in [0, 0.05) is 42.1 Å². The zero-order chi connectivity index (χ0) is 21.3. The largest absolute Gasteiger partial charge is 0.357 e. The van der Waals surface area contributed by atoms with Crippen molar-refractivity contribution in [3.63, 3.8) is 0 Å². The van der Waals surface area contributed by atoms with Gasteiger partial charge in [-0.25, -0.2) is 9.37 Å². The lowest BCUT2D eigenvalue weighted by molar-refractivity contribution is -0.384. The molecule has 0 N–H and O–H groups in total. The van der Waals surface area contributed by atoms with E-state index in [1.165, 1.54) is 36.4 Å². The molecule has 30 heavy (non-hydrogen) atoms. The van der Waals surface area contributed by atoms with E-state index in [1.54, 1.807) is 12.1 Å². The summed E-state index contributed by atoms with van der Waals surface area (Å²) >= 11 is 0. The van der Waals surface area contributed by atoms with Crippen molar-refractivity contribution in [2.75, 3.05) is 18.0 Å². The molecule has 0 unspecified atom stereocenters. The molecule has 150 valence electrons. The van der Waals surface area contributed by atoms with E-state index in [4.69, 9.17) is 0 Å². The number of aromatic nitrogens is 1. The molecule has 2 heterocycles. The van der Waals surface area contributed by atoms with Crippen LogP contribution in [0.15, 0.2) is 48.5 Å². The van der Waals surface area contributed by atoms with Crippen LogP contribution in [0.25, 0.3) is 10.9 Å². The monoisotopic (exact) mass is 404 g/mol. The molecule has 3 aromatic rings. The van der Waals surface area contributed by atoms with Crippen molar-refractivity contribution in [2.24, 2.45) is 5.92 Å². The van der Waals surface area contributed by atoms with E-state index in [9.17, 15) is 24.6 Å². The molecule has 1 aromatic heterocycles. The number of benzene rings is 2. The lowest BCUT2D eigenvalue weighted by atomic mass is 9.89. The third kappa shape index (κ3) is 3.70. The van der Waals surface area contributed by atoms with Crippen LogP contribution in [-0.2, 0) is 0 Å². The highest BCUT2D eigenvalue weighted by atomic mass is 19.1. The Morgan fingerprint density at radius 3 is 2.50 bits per heavy atom. The molecule has 1 fully saturated rings. The number of hydrogen-bond donors (Lipinski definition) is 0. The first-order valence-electron chi connectivity index (χ1n) is 9.50. The van der Waals surface area contributed by atoms with Crippen LogP contribution in [0.2, 0.25) is 0 Å². The maximum absolute atomic E-state index is 13.1. The average molecular weight is 404 g/mol. The summed E-state index contributed by atoms with van der Waals surface area (Å²) in [5.74, 6) is 0.0966. The number of pyridine rings is 1. The number of fused-ring (bicyclic) bond motifs is 1. The molecule has 8 heteroatoms. The summed E-state index contributed by atoms with van der Waals surface area (Å²) in [6.45, 7) is 1.18. The number of carbonyl (C=O) groups excluding carboxylic acids is 1.